The monoisotopic (exact) mass is 897 g/mol. The van der Waals surface area contributed by atoms with Gasteiger partial charge in [0.25, 0.3) is 15.9 Å². The average molecular weight is 898 g/mol. The van der Waals surface area contributed by atoms with Crippen molar-refractivity contribution >= 4 is 55.8 Å². The third-order valence-corrected chi connectivity index (χ3v) is 13.1. The first-order valence-electron chi connectivity index (χ1n) is 21.0. The predicted octanol–water partition coefficient (Wildman–Crippen LogP) is 8.65. The van der Waals surface area contributed by atoms with Crippen LogP contribution in [-0.2, 0) is 10.0 Å². The molecule has 63 heavy (non-hydrogen) atoms. The van der Waals surface area contributed by atoms with E-state index in [1.54, 1.807) is 24.3 Å². The molecule has 2 aliphatic rings. The van der Waals surface area contributed by atoms with E-state index < -0.39 is 21.9 Å². The van der Waals surface area contributed by atoms with Crippen molar-refractivity contribution in [3.05, 3.63) is 113 Å². The standard InChI is InChI=1S/C48H53ClN4O9S/c1-8-51(9-2)32-15-22-37-42(27-32)62-43-28-33(52(10-3)11-4)16-23-38(43)46(37)36-21-14-31(26-39(36)48(55)56)47(54)50-24-13-25-53(41-30-44(59-6)40(49)29-45(41)60-7)63(57,58)35-19-17-34(18-20-35)61-12-5/h14-23,26-30H,8-13,24-25H2,1-7H3,(H-,50,54,55,56)/p+1. The number of halogens is 1. The number of nitrogens with one attached hydrogen (secondary N) is 1. The fourth-order valence-corrected chi connectivity index (χ4v) is 9.48. The number of ether oxygens (including phenoxy) is 3. The lowest BCUT2D eigenvalue weighted by Gasteiger charge is -2.27. The number of hydrogen-bond acceptors (Lipinski definition) is 9. The van der Waals surface area contributed by atoms with Gasteiger partial charge in [0.15, 0.2) is 0 Å². The Hall–Kier alpha value is -6.25. The minimum Gasteiger partial charge on any atom is -0.495 e. The van der Waals surface area contributed by atoms with Gasteiger partial charge in [-0.25, -0.2) is 17.8 Å². The number of benzene rings is 5. The molecule has 1 amide bonds. The van der Waals surface area contributed by atoms with Crippen LogP contribution < -0.4 is 38.7 Å². The second kappa shape index (κ2) is 20.3. The maximum absolute atomic E-state index is 14.3. The molecule has 0 radical (unpaired) electrons. The maximum Gasteiger partial charge on any atom is 0.336 e. The molecule has 332 valence electrons. The van der Waals surface area contributed by atoms with Crippen molar-refractivity contribution in [3.63, 3.8) is 0 Å². The Bertz CT molecular complexity index is 2760. The highest BCUT2D eigenvalue weighted by Crippen LogP contribution is 2.43. The third kappa shape index (κ3) is 9.72. The molecule has 0 unspecified atom stereocenters. The molecule has 0 atom stereocenters. The Morgan fingerprint density at radius 3 is 2.16 bits per heavy atom. The van der Waals surface area contributed by atoms with E-state index in [1.807, 2.05) is 43.3 Å². The van der Waals surface area contributed by atoms with Gasteiger partial charge in [0.1, 0.15) is 41.7 Å². The number of sulfonamides is 1. The Morgan fingerprint density at radius 2 is 1.52 bits per heavy atom. The lowest BCUT2D eigenvalue weighted by atomic mass is 9.89. The molecule has 0 fully saturated rings. The van der Waals surface area contributed by atoms with Crippen LogP contribution in [0.4, 0.5) is 11.4 Å². The highest BCUT2D eigenvalue weighted by molar-refractivity contribution is 7.92. The molecule has 2 N–H and O–H groups in total. The number of carbonyl (C=O) groups is 2. The van der Waals surface area contributed by atoms with E-state index in [9.17, 15) is 23.1 Å². The van der Waals surface area contributed by atoms with E-state index in [1.165, 1.54) is 48.9 Å². The van der Waals surface area contributed by atoms with E-state index in [4.69, 9.17) is 30.2 Å². The summed E-state index contributed by atoms with van der Waals surface area (Å²) in [6.45, 7) is 13.8. The van der Waals surface area contributed by atoms with Crippen LogP contribution in [-0.4, -0.2) is 85.5 Å². The molecule has 0 saturated heterocycles. The van der Waals surface area contributed by atoms with E-state index in [-0.39, 0.29) is 57.7 Å². The van der Waals surface area contributed by atoms with Crippen LogP contribution in [0.1, 0.15) is 61.8 Å². The van der Waals surface area contributed by atoms with Crippen LogP contribution >= 0.6 is 11.6 Å². The molecule has 1 aliphatic heterocycles. The van der Waals surface area contributed by atoms with Crippen molar-refractivity contribution in [1.29, 1.82) is 0 Å². The van der Waals surface area contributed by atoms with Gasteiger partial charge in [0, 0.05) is 78.2 Å². The predicted molar refractivity (Wildman–Crippen MR) is 249 cm³/mol. The average Bonchev–Trinajstić information content (AvgIpc) is 3.29. The highest BCUT2D eigenvalue weighted by atomic mass is 35.5. The van der Waals surface area contributed by atoms with Crippen molar-refractivity contribution in [2.45, 2.75) is 45.9 Å². The molecule has 0 bridgehead atoms. The summed E-state index contributed by atoms with van der Waals surface area (Å²) in [7, 11) is -1.37. The van der Waals surface area contributed by atoms with Gasteiger partial charge >= 0.3 is 5.97 Å². The minimum atomic E-state index is -4.20. The largest absolute Gasteiger partial charge is 0.495 e. The molecule has 4 aromatic rings. The van der Waals surface area contributed by atoms with Crippen LogP contribution in [0.25, 0.3) is 33.4 Å². The summed E-state index contributed by atoms with van der Waals surface area (Å²) in [6, 6.07) is 25.6. The van der Waals surface area contributed by atoms with Crippen molar-refractivity contribution in [2.24, 2.45) is 0 Å². The van der Waals surface area contributed by atoms with Gasteiger partial charge < -0.3 is 34.0 Å². The van der Waals surface area contributed by atoms with Crippen molar-refractivity contribution in [2.75, 3.05) is 69.3 Å². The van der Waals surface area contributed by atoms with Crippen LogP contribution in [0.3, 0.4) is 0 Å². The van der Waals surface area contributed by atoms with E-state index >= 15 is 0 Å². The van der Waals surface area contributed by atoms with Crippen molar-refractivity contribution < 1.29 is 41.7 Å². The first-order chi connectivity index (χ1) is 30.3. The molecule has 1 heterocycles. The summed E-state index contributed by atoms with van der Waals surface area (Å²) in [5, 5.41) is 15.5. The molecular weight excluding hydrogens is 844 g/mol. The number of carboxylic acids is 1. The lowest BCUT2D eigenvalue weighted by molar-refractivity contribution is 0.0697. The fourth-order valence-electron chi connectivity index (χ4n) is 7.75. The van der Waals surface area contributed by atoms with Gasteiger partial charge in [-0.3, -0.25) is 9.10 Å². The molecule has 0 saturated carbocycles. The smallest absolute Gasteiger partial charge is 0.336 e. The topological polar surface area (TPSA) is 151 Å². The zero-order valence-electron chi connectivity index (χ0n) is 36.7. The molecule has 4 aromatic carbocycles. The number of hydrogen-bond donors (Lipinski definition) is 2. The van der Waals surface area contributed by atoms with E-state index in [0.29, 0.717) is 34.8 Å². The molecule has 0 aromatic heterocycles. The number of aromatic carboxylic acids is 1. The Labute approximate surface area is 373 Å². The molecule has 0 spiro atoms. The number of methoxy groups -OCH3 is 2. The van der Waals surface area contributed by atoms with Crippen LogP contribution in [0.15, 0.2) is 100 Å². The molecule has 13 nitrogen and oxygen atoms in total. The summed E-state index contributed by atoms with van der Waals surface area (Å²) >= 11 is 6.38. The quantitative estimate of drug-likeness (QED) is 0.0460. The minimum absolute atomic E-state index is 0.00792. The summed E-state index contributed by atoms with van der Waals surface area (Å²) < 4.78 is 55.0. The molecule has 6 rings (SSSR count). The fraction of sp³-hybridized carbons (Fsp3) is 0.312. The summed E-state index contributed by atoms with van der Waals surface area (Å²) in [5.41, 5.74) is 3.67. The number of carboxylic acid groups (broad SMARTS) is 1. The molecular formula is C48H54ClN4O9S+. The van der Waals surface area contributed by atoms with Gasteiger partial charge in [-0.15, -0.1) is 0 Å². The normalized spacial score (nSPS) is 11.4. The van der Waals surface area contributed by atoms with Crippen LogP contribution in [0.2, 0.25) is 5.02 Å². The number of fused-ring (bicyclic) bond motifs is 2. The highest BCUT2D eigenvalue weighted by Gasteiger charge is 2.29. The Kier molecular flexibility index (Phi) is 14.9. The van der Waals surface area contributed by atoms with E-state index in [2.05, 4.69) is 42.5 Å². The number of anilines is 2. The van der Waals surface area contributed by atoms with E-state index in [0.717, 1.165) is 48.2 Å². The van der Waals surface area contributed by atoms with Crippen LogP contribution in [0, 0.1) is 0 Å². The third-order valence-electron chi connectivity index (χ3n) is 11.0. The number of nitrogens with zero attached hydrogens (tertiary/aromatic N) is 3. The number of amides is 1. The maximum atomic E-state index is 14.3. The van der Waals surface area contributed by atoms with Gasteiger partial charge in [-0.1, -0.05) is 17.7 Å². The SMILES string of the molecule is CCOc1ccc(S(=O)(=O)N(CCCNC(=O)c2ccc(-c3c4ccc(=[N+](CC)CC)cc-4oc4cc(N(CC)CC)ccc34)c(C(=O)O)c2)c2cc(OC)c(Cl)cc2OC)cc1. The van der Waals surface area contributed by atoms with Crippen LogP contribution in [0.5, 0.6) is 17.2 Å². The zero-order chi connectivity index (χ0) is 45.4. The molecule has 1 aliphatic carbocycles. The van der Waals surface area contributed by atoms with Gasteiger partial charge in [0.05, 0.1) is 48.1 Å². The number of carbonyl (C=O) groups excluding carboxylic acids is 1. The van der Waals surface area contributed by atoms with Gasteiger partial charge in [0.2, 0.25) is 5.36 Å². The molecule has 15 heteroatoms. The van der Waals surface area contributed by atoms with Gasteiger partial charge in [-0.2, -0.15) is 0 Å². The summed E-state index contributed by atoms with van der Waals surface area (Å²) in [4.78, 5) is 29.0. The first kappa shape index (κ1) is 46.3. The van der Waals surface area contributed by atoms with Crippen molar-refractivity contribution in [1.82, 2.24) is 9.89 Å². The summed E-state index contributed by atoms with van der Waals surface area (Å²) in [5.74, 6) is -0.174. The Balaban J connectivity index is 1.33. The second-order valence-corrected chi connectivity index (χ2v) is 16.8. The second-order valence-electron chi connectivity index (χ2n) is 14.5. The Morgan fingerprint density at radius 1 is 0.825 bits per heavy atom. The number of rotatable bonds is 19. The lowest BCUT2D eigenvalue weighted by Crippen LogP contribution is -2.35. The van der Waals surface area contributed by atoms with Gasteiger partial charge in [-0.05, 0) is 101 Å². The van der Waals surface area contributed by atoms with Crippen molar-refractivity contribution in [3.8, 4) is 39.7 Å². The summed E-state index contributed by atoms with van der Waals surface area (Å²) in [6.07, 6.45) is 0.163. The first-order valence-corrected chi connectivity index (χ1v) is 22.8. The zero-order valence-corrected chi connectivity index (χ0v) is 38.2.